The molecule has 0 aromatic heterocycles. The van der Waals surface area contributed by atoms with Crippen LogP contribution in [0.4, 0.5) is 17.1 Å². The van der Waals surface area contributed by atoms with Crippen LogP contribution in [0.5, 0.6) is 0 Å². The summed E-state index contributed by atoms with van der Waals surface area (Å²) in [4.78, 5) is 2.56. The SMILES string of the molecule is CC1(C)c2cc(-c3ccc(-c4ccccc4)cc3)ccc2-c2ccc(N(c3ccccc3-c3ccc(-c4ccccc4)cc3)c3cccc4c3-c3ccccc3C4(c3ccccc3)c3ccccc3)cc21. The highest BCUT2D eigenvalue weighted by Crippen LogP contribution is 2.60. The third kappa shape index (κ3) is 6.84. The predicted octanol–water partition coefficient (Wildman–Crippen LogP) is 18.5. The summed E-state index contributed by atoms with van der Waals surface area (Å²) in [5.74, 6) is 0. The monoisotopic (exact) mass is 905 g/mol. The molecule has 2 aliphatic carbocycles. The molecule has 0 radical (unpaired) electrons. The first kappa shape index (κ1) is 42.3. The molecule has 71 heavy (non-hydrogen) atoms. The molecule has 0 saturated carbocycles. The van der Waals surface area contributed by atoms with Gasteiger partial charge >= 0.3 is 0 Å². The lowest BCUT2D eigenvalue weighted by atomic mass is 9.68. The Kier molecular flexibility index (Phi) is 10.1. The van der Waals surface area contributed by atoms with Crippen molar-refractivity contribution in [3.05, 3.63) is 306 Å². The molecule has 0 spiro atoms. The highest BCUT2D eigenvalue weighted by atomic mass is 15.1. The minimum absolute atomic E-state index is 0.264. The van der Waals surface area contributed by atoms with Gasteiger partial charge in [0.05, 0.1) is 16.8 Å². The van der Waals surface area contributed by atoms with Crippen molar-refractivity contribution in [2.45, 2.75) is 24.7 Å². The smallest absolute Gasteiger partial charge is 0.0714 e. The molecule has 0 amide bonds. The lowest BCUT2D eigenvalue weighted by molar-refractivity contribution is 0.660. The quantitative estimate of drug-likeness (QED) is 0.139. The van der Waals surface area contributed by atoms with E-state index in [1.165, 1.54) is 100 Å². The van der Waals surface area contributed by atoms with Crippen molar-refractivity contribution in [2.75, 3.05) is 4.90 Å². The van der Waals surface area contributed by atoms with Gasteiger partial charge in [-0.05, 0) is 119 Å². The molecule has 2 aliphatic rings. The molecule has 336 valence electrons. The van der Waals surface area contributed by atoms with Crippen molar-refractivity contribution in [2.24, 2.45) is 0 Å². The number of benzene rings is 11. The minimum atomic E-state index is -0.538. The van der Waals surface area contributed by atoms with E-state index in [0.29, 0.717) is 0 Å². The predicted molar refractivity (Wildman–Crippen MR) is 298 cm³/mol. The molecule has 0 unspecified atom stereocenters. The standard InChI is InChI=1S/C70H51N/c1-69(2)64-46-54(52-36-34-50(35-37-52)48-20-7-3-8-21-48)42-44-59(64)60-45-43-57(47-65(60)69)71(66-32-18-16-28-58(66)53-40-38-51(39-41-53)49-22-9-4-10-23-49)67-33-19-31-63-68(67)61-29-15-17-30-62(61)70(63,55-24-11-5-12-25-55)56-26-13-6-14-27-56/h3-47H,1-2H3. The van der Waals surface area contributed by atoms with Crippen LogP contribution in [-0.4, -0.2) is 0 Å². The number of nitrogens with zero attached hydrogens (tertiary/aromatic N) is 1. The van der Waals surface area contributed by atoms with Gasteiger partial charge in [-0.25, -0.2) is 0 Å². The van der Waals surface area contributed by atoms with Crippen molar-refractivity contribution in [1.82, 2.24) is 0 Å². The van der Waals surface area contributed by atoms with Gasteiger partial charge in [0, 0.05) is 22.2 Å². The average molecular weight is 906 g/mol. The molecule has 11 aromatic rings. The normalized spacial score (nSPS) is 13.4. The zero-order valence-corrected chi connectivity index (χ0v) is 39.9. The van der Waals surface area contributed by atoms with E-state index in [2.05, 4.69) is 292 Å². The number of para-hydroxylation sites is 1. The van der Waals surface area contributed by atoms with Crippen LogP contribution >= 0.6 is 0 Å². The van der Waals surface area contributed by atoms with Gasteiger partial charge in [-0.1, -0.05) is 257 Å². The van der Waals surface area contributed by atoms with Crippen LogP contribution in [0.3, 0.4) is 0 Å². The fourth-order valence-corrected chi connectivity index (χ4v) is 12.0. The summed E-state index contributed by atoms with van der Waals surface area (Å²) in [5.41, 5.74) is 25.1. The highest BCUT2D eigenvalue weighted by Gasteiger charge is 2.47. The van der Waals surface area contributed by atoms with Crippen molar-refractivity contribution in [3.8, 4) is 66.8 Å². The lowest BCUT2D eigenvalue weighted by Gasteiger charge is -2.35. The molecule has 0 N–H and O–H groups in total. The molecule has 0 aliphatic heterocycles. The second kappa shape index (κ2) is 17.0. The largest absolute Gasteiger partial charge is 0.309 e. The maximum atomic E-state index is 2.56. The Balaban J connectivity index is 1.00. The molecule has 0 atom stereocenters. The molecule has 1 heteroatoms. The van der Waals surface area contributed by atoms with Crippen LogP contribution in [-0.2, 0) is 10.8 Å². The first-order chi connectivity index (χ1) is 35.0. The number of fused-ring (bicyclic) bond motifs is 6. The Hall–Kier alpha value is -8.78. The van der Waals surface area contributed by atoms with Crippen molar-refractivity contribution in [3.63, 3.8) is 0 Å². The Morgan fingerprint density at radius 3 is 1.30 bits per heavy atom. The third-order valence-electron chi connectivity index (χ3n) is 15.4. The molecule has 11 aromatic carbocycles. The summed E-state index contributed by atoms with van der Waals surface area (Å²) in [5, 5.41) is 0. The Morgan fingerprint density at radius 1 is 0.268 bits per heavy atom. The Labute approximate surface area is 417 Å². The number of anilines is 3. The molecular formula is C70H51N. The van der Waals surface area contributed by atoms with Gasteiger partial charge in [0.15, 0.2) is 0 Å². The molecule has 0 fully saturated rings. The molecule has 0 heterocycles. The van der Waals surface area contributed by atoms with Crippen LogP contribution in [0.2, 0.25) is 0 Å². The summed E-state index contributed by atoms with van der Waals surface area (Å²) in [6.45, 7) is 4.81. The van der Waals surface area contributed by atoms with Gasteiger partial charge < -0.3 is 4.90 Å². The highest BCUT2D eigenvalue weighted by molar-refractivity contribution is 6.00. The second-order valence-corrected chi connectivity index (χ2v) is 19.6. The Bertz CT molecular complexity index is 3700. The maximum absolute atomic E-state index is 2.56. The summed E-state index contributed by atoms with van der Waals surface area (Å²) < 4.78 is 0. The molecule has 1 nitrogen and oxygen atoms in total. The number of hydrogen-bond donors (Lipinski definition) is 0. The van der Waals surface area contributed by atoms with E-state index < -0.39 is 5.41 Å². The maximum Gasteiger partial charge on any atom is 0.0714 e. The summed E-state index contributed by atoms with van der Waals surface area (Å²) in [6, 6.07) is 101. The van der Waals surface area contributed by atoms with Crippen LogP contribution in [0, 0.1) is 0 Å². The third-order valence-corrected chi connectivity index (χ3v) is 15.4. The summed E-state index contributed by atoms with van der Waals surface area (Å²) in [7, 11) is 0. The van der Waals surface area contributed by atoms with Gasteiger partial charge in [-0.3, -0.25) is 0 Å². The zero-order valence-electron chi connectivity index (χ0n) is 39.9. The van der Waals surface area contributed by atoms with Crippen molar-refractivity contribution < 1.29 is 0 Å². The van der Waals surface area contributed by atoms with E-state index in [0.717, 1.165) is 17.1 Å². The van der Waals surface area contributed by atoms with Crippen molar-refractivity contribution >= 4 is 17.1 Å². The van der Waals surface area contributed by atoms with E-state index in [9.17, 15) is 0 Å². The van der Waals surface area contributed by atoms with Gasteiger partial charge in [-0.2, -0.15) is 0 Å². The second-order valence-electron chi connectivity index (χ2n) is 19.6. The van der Waals surface area contributed by atoms with E-state index in [1.54, 1.807) is 0 Å². The first-order valence-corrected chi connectivity index (χ1v) is 24.8. The Morgan fingerprint density at radius 2 is 0.690 bits per heavy atom. The van der Waals surface area contributed by atoms with Crippen LogP contribution in [0.25, 0.3) is 66.8 Å². The van der Waals surface area contributed by atoms with Gasteiger partial charge in [0.1, 0.15) is 0 Å². The fraction of sp³-hybridized carbons (Fsp3) is 0.0571. The molecule has 0 saturated heterocycles. The van der Waals surface area contributed by atoms with Gasteiger partial charge in [0.2, 0.25) is 0 Å². The van der Waals surface area contributed by atoms with Crippen molar-refractivity contribution in [1.29, 1.82) is 0 Å². The molecular weight excluding hydrogens is 855 g/mol. The van der Waals surface area contributed by atoms with E-state index >= 15 is 0 Å². The number of rotatable bonds is 9. The lowest BCUT2D eigenvalue weighted by Crippen LogP contribution is -2.28. The van der Waals surface area contributed by atoms with Gasteiger partial charge in [0.25, 0.3) is 0 Å². The van der Waals surface area contributed by atoms with Gasteiger partial charge in [-0.15, -0.1) is 0 Å². The summed E-state index contributed by atoms with van der Waals surface area (Å²) >= 11 is 0. The van der Waals surface area contributed by atoms with E-state index in [1.807, 2.05) is 0 Å². The minimum Gasteiger partial charge on any atom is -0.309 e. The molecule has 13 rings (SSSR count). The van der Waals surface area contributed by atoms with E-state index in [4.69, 9.17) is 0 Å². The van der Waals surface area contributed by atoms with Crippen LogP contribution in [0.15, 0.2) is 273 Å². The average Bonchev–Trinajstić information content (AvgIpc) is 3.87. The molecule has 0 bridgehead atoms. The topological polar surface area (TPSA) is 3.24 Å². The summed E-state index contributed by atoms with van der Waals surface area (Å²) in [6.07, 6.45) is 0. The first-order valence-electron chi connectivity index (χ1n) is 24.8. The zero-order chi connectivity index (χ0) is 47.5. The van der Waals surface area contributed by atoms with Crippen LogP contribution in [0.1, 0.15) is 47.2 Å². The van der Waals surface area contributed by atoms with E-state index in [-0.39, 0.29) is 5.41 Å². The number of hydrogen-bond acceptors (Lipinski definition) is 1. The van der Waals surface area contributed by atoms with Crippen LogP contribution < -0.4 is 4.90 Å². The fourth-order valence-electron chi connectivity index (χ4n) is 12.0.